The van der Waals surface area contributed by atoms with Gasteiger partial charge in [-0.25, -0.2) is 0 Å². The lowest BCUT2D eigenvalue weighted by Gasteiger charge is -2.20. The van der Waals surface area contributed by atoms with Gasteiger partial charge in [-0.2, -0.15) is 0 Å². The molecule has 0 saturated heterocycles. The van der Waals surface area contributed by atoms with Gasteiger partial charge in [0.2, 0.25) is 5.78 Å². The van der Waals surface area contributed by atoms with Crippen LogP contribution in [0.3, 0.4) is 0 Å². The van der Waals surface area contributed by atoms with Crippen LogP contribution in [0, 0.1) is 0 Å². The molecular weight excluding hydrogens is 300 g/mol. The normalized spacial score (nSPS) is 14.9. The first-order chi connectivity index (χ1) is 10.8. The summed E-state index contributed by atoms with van der Waals surface area (Å²) in [5.41, 5.74) is 0.339. The number of rotatable bonds is 4. The average Bonchev–Trinajstić information content (AvgIpc) is 2.50. The minimum Gasteiger partial charge on any atom is -0.507 e. The van der Waals surface area contributed by atoms with Crippen molar-refractivity contribution in [2.75, 3.05) is 7.11 Å². The number of allylic oxidation sites excluding steroid dienone is 3. The average molecular weight is 318 g/mol. The number of aliphatic hydroxyl groups excluding tert-OH is 1. The van der Waals surface area contributed by atoms with Crippen LogP contribution in [0.4, 0.5) is 0 Å². The standard InChI is InChI=1S/C17H18O6/c1-8(2)4-5-10(18)9-6-11(19)15-14(16(9)21)12(20)7-13(23-3)17(15)22/h4,6-7,10,18-19,21H,5H2,1-3H3/t10-/m1/s1. The molecule has 0 unspecified atom stereocenters. The maximum absolute atomic E-state index is 12.2. The second-order valence-electron chi connectivity index (χ2n) is 5.52. The highest BCUT2D eigenvalue weighted by Crippen LogP contribution is 2.40. The molecule has 0 fully saturated rings. The monoisotopic (exact) mass is 318 g/mol. The largest absolute Gasteiger partial charge is 0.507 e. The van der Waals surface area contributed by atoms with Gasteiger partial charge in [0, 0.05) is 11.6 Å². The number of aliphatic hydroxyl groups is 1. The van der Waals surface area contributed by atoms with Gasteiger partial charge in [0.15, 0.2) is 11.5 Å². The van der Waals surface area contributed by atoms with Gasteiger partial charge in [-0.3, -0.25) is 9.59 Å². The molecule has 122 valence electrons. The van der Waals surface area contributed by atoms with Crippen LogP contribution >= 0.6 is 0 Å². The maximum atomic E-state index is 12.2. The van der Waals surface area contributed by atoms with Gasteiger partial charge >= 0.3 is 0 Å². The van der Waals surface area contributed by atoms with E-state index in [1.165, 1.54) is 7.11 Å². The van der Waals surface area contributed by atoms with Crippen LogP contribution in [0.25, 0.3) is 0 Å². The Labute approximate surface area is 133 Å². The molecule has 1 aliphatic carbocycles. The molecule has 0 amide bonds. The molecule has 2 rings (SSSR count). The van der Waals surface area contributed by atoms with E-state index in [1.54, 1.807) is 6.08 Å². The van der Waals surface area contributed by atoms with Crippen molar-refractivity contribution in [3.8, 4) is 11.5 Å². The van der Waals surface area contributed by atoms with E-state index in [1.807, 2.05) is 13.8 Å². The van der Waals surface area contributed by atoms with E-state index in [9.17, 15) is 24.9 Å². The van der Waals surface area contributed by atoms with E-state index in [-0.39, 0.29) is 28.9 Å². The minimum absolute atomic E-state index is 0.00540. The number of carbonyl (C=O) groups excluding carboxylic acids is 2. The Kier molecular flexibility index (Phi) is 4.56. The number of Topliss-reactive ketones (excluding diaryl/α,β-unsaturated/α-hetero) is 1. The van der Waals surface area contributed by atoms with Gasteiger partial charge in [0.05, 0.1) is 24.3 Å². The number of ketones is 2. The van der Waals surface area contributed by atoms with Crippen LogP contribution in [0.1, 0.15) is 52.7 Å². The number of phenolic OH excluding ortho intramolecular Hbond substituents is 2. The van der Waals surface area contributed by atoms with E-state index in [2.05, 4.69) is 0 Å². The summed E-state index contributed by atoms with van der Waals surface area (Å²) in [5, 5.41) is 30.6. The third-order valence-electron chi connectivity index (χ3n) is 3.60. The van der Waals surface area contributed by atoms with Crippen molar-refractivity contribution in [1.29, 1.82) is 0 Å². The number of hydrogen-bond acceptors (Lipinski definition) is 6. The molecule has 6 heteroatoms. The summed E-state index contributed by atoms with van der Waals surface area (Å²) < 4.78 is 4.81. The van der Waals surface area contributed by atoms with Crippen LogP contribution in [0.5, 0.6) is 11.5 Å². The summed E-state index contributed by atoms with van der Waals surface area (Å²) in [7, 11) is 1.23. The second kappa shape index (κ2) is 6.26. The Balaban J connectivity index is 2.57. The molecule has 0 radical (unpaired) electrons. The van der Waals surface area contributed by atoms with Crippen LogP contribution in [0.15, 0.2) is 29.6 Å². The lowest BCUT2D eigenvalue weighted by molar-refractivity contribution is 0.0911. The molecule has 3 N–H and O–H groups in total. The summed E-state index contributed by atoms with van der Waals surface area (Å²) in [6.07, 6.45) is 1.80. The number of methoxy groups -OCH3 is 1. The molecule has 1 aliphatic rings. The highest BCUT2D eigenvalue weighted by atomic mass is 16.5. The van der Waals surface area contributed by atoms with Crippen molar-refractivity contribution in [2.45, 2.75) is 26.4 Å². The van der Waals surface area contributed by atoms with Gasteiger partial charge < -0.3 is 20.1 Å². The number of carbonyl (C=O) groups is 2. The summed E-state index contributed by atoms with van der Waals surface area (Å²) in [6, 6.07) is 1.10. The first kappa shape index (κ1) is 16.8. The zero-order valence-corrected chi connectivity index (χ0v) is 13.1. The summed E-state index contributed by atoms with van der Waals surface area (Å²) in [4.78, 5) is 24.3. The Bertz CT molecular complexity index is 738. The van der Waals surface area contributed by atoms with Crippen molar-refractivity contribution in [3.63, 3.8) is 0 Å². The zero-order chi connectivity index (χ0) is 17.3. The van der Waals surface area contributed by atoms with E-state index in [0.717, 1.165) is 17.7 Å². The van der Waals surface area contributed by atoms with Gasteiger partial charge in [0.1, 0.15) is 11.5 Å². The number of benzene rings is 1. The molecule has 1 aromatic rings. The number of ether oxygens (including phenoxy) is 1. The molecule has 0 bridgehead atoms. The summed E-state index contributed by atoms with van der Waals surface area (Å²) in [6.45, 7) is 3.71. The molecule has 1 atom stereocenters. The third-order valence-corrected chi connectivity index (χ3v) is 3.60. The van der Waals surface area contributed by atoms with Crippen molar-refractivity contribution < 1.29 is 29.6 Å². The van der Waals surface area contributed by atoms with Gasteiger partial charge in [0.25, 0.3) is 0 Å². The molecule has 0 aromatic heterocycles. The number of fused-ring (bicyclic) bond motifs is 1. The molecule has 1 aromatic carbocycles. The quantitative estimate of drug-likeness (QED) is 0.582. The molecule has 23 heavy (non-hydrogen) atoms. The zero-order valence-electron chi connectivity index (χ0n) is 13.1. The fourth-order valence-electron chi connectivity index (χ4n) is 2.41. The van der Waals surface area contributed by atoms with Gasteiger partial charge in [-0.1, -0.05) is 11.6 Å². The highest BCUT2D eigenvalue weighted by Gasteiger charge is 2.34. The van der Waals surface area contributed by atoms with E-state index in [4.69, 9.17) is 4.74 Å². The van der Waals surface area contributed by atoms with Crippen molar-refractivity contribution in [2.24, 2.45) is 0 Å². The summed E-state index contributed by atoms with van der Waals surface area (Å²) in [5.74, 6) is -2.56. The van der Waals surface area contributed by atoms with Crippen LogP contribution in [-0.4, -0.2) is 34.0 Å². The summed E-state index contributed by atoms with van der Waals surface area (Å²) >= 11 is 0. The first-order valence-electron chi connectivity index (χ1n) is 7.02. The predicted octanol–water partition coefficient (Wildman–Crippen LogP) is 2.40. The Morgan fingerprint density at radius 3 is 2.48 bits per heavy atom. The maximum Gasteiger partial charge on any atom is 0.232 e. The third kappa shape index (κ3) is 2.98. The Morgan fingerprint density at radius 1 is 1.26 bits per heavy atom. The van der Waals surface area contributed by atoms with Crippen molar-refractivity contribution in [3.05, 3.63) is 46.2 Å². The minimum atomic E-state index is -1.11. The van der Waals surface area contributed by atoms with E-state index >= 15 is 0 Å². The molecule has 6 nitrogen and oxygen atoms in total. The van der Waals surface area contributed by atoms with Crippen LogP contribution < -0.4 is 0 Å². The van der Waals surface area contributed by atoms with Gasteiger partial charge in [-0.05, 0) is 26.3 Å². The predicted molar refractivity (Wildman–Crippen MR) is 82.5 cm³/mol. The lowest BCUT2D eigenvalue weighted by Crippen LogP contribution is -2.19. The van der Waals surface area contributed by atoms with Gasteiger partial charge in [-0.15, -0.1) is 0 Å². The number of hydrogen-bond donors (Lipinski definition) is 3. The van der Waals surface area contributed by atoms with Crippen molar-refractivity contribution in [1.82, 2.24) is 0 Å². The fourth-order valence-corrected chi connectivity index (χ4v) is 2.41. The molecule has 0 saturated carbocycles. The van der Waals surface area contributed by atoms with E-state index < -0.39 is 29.2 Å². The molecule has 0 aliphatic heterocycles. The van der Waals surface area contributed by atoms with E-state index in [0.29, 0.717) is 0 Å². The fraction of sp³-hybridized carbons (Fsp3) is 0.294. The lowest BCUT2D eigenvalue weighted by atomic mass is 9.88. The number of phenols is 2. The smallest absolute Gasteiger partial charge is 0.232 e. The SMILES string of the molecule is COC1=CC(=O)c2c(O)c([C@H](O)CC=C(C)C)cc(O)c2C1=O. The molecule has 0 spiro atoms. The molecular formula is C17H18O6. The van der Waals surface area contributed by atoms with Crippen molar-refractivity contribution >= 4 is 11.6 Å². The molecule has 0 heterocycles. The second-order valence-corrected chi connectivity index (χ2v) is 5.52. The highest BCUT2D eigenvalue weighted by molar-refractivity contribution is 6.26. The Hall–Kier alpha value is -2.60. The van der Waals surface area contributed by atoms with Crippen LogP contribution in [-0.2, 0) is 4.74 Å². The number of aromatic hydroxyl groups is 2. The Morgan fingerprint density at radius 2 is 1.91 bits per heavy atom. The topological polar surface area (TPSA) is 104 Å². The first-order valence-corrected chi connectivity index (χ1v) is 7.02. The van der Waals surface area contributed by atoms with Crippen LogP contribution in [0.2, 0.25) is 0 Å².